The fourth-order valence-electron chi connectivity index (χ4n) is 2.27. The number of nitrogens with zero attached hydrogens (tertiary/aromatic N) is 1. The van der Waals surface area contributed by atoms with Gasteiger partial charge < -0.3 is 4.74 Å². The number of hydrogen-bond acceptors (Lipinski definition) is 3. The fourth-order valence-corrected chi connectivity index (χ4v) is 2.27. The summed E-state index contributed by atoms with van der Waals surface area (Å²) in [6, 6.07) is 8.28. The van der Waals surface area contributed by atoms with Crippen LogP contribution in [0.25, 0.3) is 0 Å². The van der Waals surface area contributed by atoms with Crippen LogP contribution in [0.4, 0.5) is 0 Å². The van der Waals surface area contributed by atoms with Gasteiger partial charge in [0.2, 0.25) is 0 Å². The quantitative estimate of drug-likeness (QED) is 0.867. The summed E-state index contributed by atoms with van der Waals surface area (Å²) in [7, 11) is 0. The highest BCUT2D eigenvalue weighted by atomic mass is 16.5. The van der Waals surface area contributed by atoms with E-state index in [9.17, 15) is 0 Å². The molecule has 1 aliphatic heterocycles. The first kappa shape index (κ1) is 13.4. The number of para-hydroxylation sites is 1. The molecule has 0 unspecified atom stereocenters. The second-order valence-corrected chi connectivity index (χ2v) is 5.16. The molecular weight excluding hydrogens is 224 g/mol. The van der Waals surface area contributed by atoms with E-state index in [1.165, 1.54) is 24.8 Å². The maximum absolute atomic E-state index is 5.83. The van der Waals surface area contributed by atoms with Gasteiger partial charge in [-0.1, -0.05) is 24.6 Å². The zero-order chi connectivity index (χ0) is 12.8. The molecule has 100 valence electrons. The van der Waals surface area contributed by atoms with Crippen LogP contribution in [0.1, 0.15) is 38.7 Å². The molecule has 0 bridgehead atoms. The number of rotatable bonds is 5. The summed E-state index contributed by atoms with van der Waals surface area (Å²) < 4.78 is 5.83. The average molecular weight is 248 g/mol. The molecule has 0 aromatic heterocycles. The van der Waals surface area contributed by atoms with Crippen LogP contribution in [-0.4, -0.2) is 24.2 Å². The van der Waals surface area contributed by atoms with Crippen LogP contribution >= 0.6 is 0 Å². The molecule has 2 rings (SSSR count). The van der Waals surface area contributed by atoms with E-state index in [2.05, 4.69) is 36.4 Å². The van der Waals surface area contributed by atoms with Crippen molar-refractivity contribution in [3.05, 3.63) is 29.8 Å². The third-order valence-corrected chi connectivity index (χ3v) is 3.18. The van der Waals surface area contributed by atoms with Gasteiger partial charge in [-0.15, -0.1) is 0 Å². The first-order valence-electron chi connectivity index (χ1n) is 6.99. The summed E-state index contributed by atoms with van der Waals surface area (Å²) in [5, 5.41) is 2.33. The molecular formula is C15H24N2O. The Morgan fingerprint density at radius 1 is 1.17 bits per heavy atom. The first-order chi connectivity index (χ1) is 8.75. The molecule has 0 spiro atoms. The minimum atomic E-state index is 0.223. The van der Waals surface area contributed by atoms with Crippen molar-refractivity contribution >= 4 is 0 Å². The molecule has 3 heteroatoms. The number of ether oxygens (including phenoxy) is 1. The Hall–Kier alpha value is -1.06. The van der Waals surface area contributed by atoms with Crippen LogP contribution in [0.2, 0.25) is 0 Å². The van der Waals surface area contributed by atoms with Gasteiger partial charge in [-0.2, -0.15) is 0 Å². The summed E-state index contributed by atoms with van der Waals surface area (Å²) in [5.74, 6) is 0.997. The Morgan fingerprint density at radius 3 is 2.61 bits per heavy atom. The van der Waals surface area contributed by atoms with Crippen molar-refractivity contribution < 1.29 is 4.74 Å². The van der Waals surface area contributed by atoms with Crippen LogP contribution in [0.3, 0.4) is 0 Å². The van der Waals surface area contributed by atoms with Gasteiger partial charge in [-0.3, -0.25) is 5.43 Å². The van der Waals surface area contributed by atoms with E-state index in [1.54, 1.807) is 0 Å². The first-order valence-corrected chi connectivity index (χ1v) is 6.99. The molecule has 1 aromatic carbocycles. The van der Waals surface area contributed by atoms with Crippen LogP contribution in [0.15, 0.2) is 24.3 Å². The molecule has 1 fully saturated rings. The van der Waals surface area contributed by atoms with Gasteiger partial charge in [-0.05, 0) is 32.8 Å². The van der Waals surface area contributed by atoms with Crippen LogP contribution in [-0.2, 0) is 6.54 Å². The Bertz CT molecular complexity index is 359. The number of nitrogens with one attached hydrogen (secondary N) is 1. The molecule has 0 atom stereocenters. The fraction of sp³-hybridized carbons (Fsp3) is 0.600. The van der Waals surface area contributed by atoms with Gasteiger partial charge in [-0.25, -0.2) is 5.01 Å². The minimum absolute atomic E-state index is 0.223. The normalized spacial score (nSPS) is 17.1. The van der Waals surface area contributed by atoms with Gasteiger partial charge in [0.05, 0.1) is 6.10 Å². The zero-order valence-corrected chi connectivity index (χ0v) is 11.5. The third kappa shape index (κ3) is 4.00. The second-order valence-electron chi connectivity index (χ2n) is 5.16. The number of hydrazine groups is 1. The Balaban J connectivity index is 1.91. The summed E-state index contributed by atoms with van der Waals surface area (Å²) in [6.45, 7) is 7.30. The molecule has 0 radical (unpaired) electrons. The molecule has 0 aliphatic carbocycles. The smallest absolute Gasteiger partial charge is 0.124 e. The van der Waals surface area contributed by atoms with Gasteiger partial charge >= 0.3 is 0 Å². The summed E-state index contributed by atoms with van der Waals surface area (Å²) in [6.07, 6.45) is 4.20. The molecule has 0 amide bonds. The highest BCUT2D eigenvalue weighted by Crippen LogP contribution is 2.19. The van der Waals surface area contributed by atoms with Crippen molar-refractivity contribution in [2.45, 2.75) is 45.8 Å². The molecule has 0 saturated carbocycles. The van der Waals surface area contributed by atoms with Gasteiger partial charge in [0.15, 0.2) is 0 Å². The van der Waals surface area contributed by atoms with E-state index in [-0.39, 0.29) is 6.10 Å². The van der Waals surface area contributed by atoms with Crippen LogP contribution in [0.5, 0.6) is 5.75 Å². The predicted molar refractivity (Wildman–Crippen MR) is 74.5 cm³/mol. The Labute approximate surface area is 110 Å². The number of piperidine rings is 1. The van der Waals surface area contributed by atoms with Crippen molar-refractivity contribution in [1.82, 2.24) is 10.4 Å². The van der Waals surface area contributed by atoms with Crippen molar-refractivity contribution in [2.75, 3.05) is 13.1 Å². The number of benzene rings is 1. The zero-order valence-electron chi connectivity index (χ0n) is 11.5. The lowest BCUT2D eigenvalue weighted by Crippen LogP contribution is -2.41. The van der Waals surface area contributed by atoms with Crippen molar-refractivity contribution in [3.63, 3.8) is 0 Å². The van der Waals surface area contributed by atoms with Crippen LogP contribution in [0, 0.1) is 0 Å². The predicted octanol–water partition coefficient (Wildman–Crippen LogP) is 2.96. The van der Waals surface area contributed by atoms with E-state index >= 15 is 0 Å². The topological polar surface area (TPSA) is 24.5 Å². The molecule has 1 saturated heterocycles. The lowest BCUT2D eigenvalue weighted by molar-refractivity contribution is 0.149. The van der Waals surface area contributed by atoms with Crippen molar-refractivity contribution in [1.29, 1.82) is 0 Å². The van der Waals surface area contributed by atoms with E-state index in [4.69, 9.17) is 4.74 Å². The minimum Gasteiger partial charge on any atom is -0.491 e. The molecule has 3 nitrogen and oxygen atoms in total. The summed E-state index contributed by atoms with van der Waals surface area (Å²) >= 11 is 0. The van der Waals surface area contributed by atoms with Crippen molar-refractivity contribution in [2.24, 2.45) is 0 Å². The van der Waals surface area contributed by atoms with E-state index in [0.29, 0.717) is 0 Å². The average Bonchev–Trinajstić information content (AvgIpc) is 2.38. The Kier molecular flexibility index (Phi) is 5.02. The second kappa shape index (κ2) is 6.76. The standard InChI is InChI=1S/C15H24N2O/c1-13(2)18-15-9-5-4-8-14(15)12-16-17-10-6-3-7-11-17/h4-5,8-9,13,16H,3,6-7,10-12H2,1-2H3. The summed E-state index contributed by atoms with van der Waals surface area (Å²) in [4.78, 5) is 0. The van der Waals surface area contributed by atoms with E-state index < -0.39 is 0 Å². The third-order valence-electron chi connectivity index (χ3n) is 3.18. The molecule has 1 N–H and O–H groups in total. The Morgan fingerprint density at radius 2 is 1.89 bits per heavy atom. The highest BCUT2D eigenvalue weighted by molar-refractivity contribution is 5.33. The highest BCUT2D eigenvalue weighted by Gasteiger charge is 2.10. The SMILES string of the molecule is CC(C)Oc1ccccc1CNN1CCCCC1. The van der Waals surface area contributed by atoms with Gasteiger partial charge in [0.1, 0.15) is 5.75 Å². The van der Waals surface area contributed by atoms with Gasteiger partial charge in [0, 0.05) is 25.2 Å². The van der Waals surface area contributed by atoms with E-state index in [1.807, 2.05) is 12.1 Å². The molecule has 1 heterocycles. The van der Waals surface area contributed by atoms with Crippen molar-refractivity contribution in [3.8, 4) is 5.75 Å². The van der Waals surface area contributed by atoms with Crippen LogP contribution < -0.4 is 10.2 Å². The maximum Gasteiger partial charge on any atom is 0.124 e. The lowest BCUT2D eigenvalue weighted by Gasteiger charge is -2.27. The van der Waals surface area contributed by atoms with E-state index in [0.717, 1.165) is 25.4 Å². The molecule has 1 aliphatic rings. The maximum atomic E-state index is 5.83. The largest absolute Gasteiger partial charge is 0.491 e. The molecule has 18 heavy (non-hydrogen) atoms. The molecule has 1 aromatic rings. The number of hydrogen-bond donors (Lipinski definition) is 1. The lowest BCUT2D eigenvalue weighted by atomic mass is 10.1. The van der Waals surface area contributed by atoms with Gasteiger partial charge in [0.25, 0.3) is 0 Å². The summed E-state index contributed by atoms with van der Waals surface area (Å²) in [5.41, 5.74) is 4.74. The monoisotopic (exact) mass is 248 g/mol.